The SMILES string of the molecule is Cc1cc(S(=O)(=O)N(C)C(C)CO)cc(N)c1C. The Morgan fingerprint density at radius 1 is 1.39 bits per heavy atom. The molecule has 1 aromatic rings. The highest BCUT2D eigenvalue weighted by Gasteiger charge is 2.25. The Morgan fingerprint density at radius 2 is 1.94 bits per heavy atom. The second kappa shape index (κ2) is 5.26. The van der Waals surface area contributed by atoms with Crippen LogP contribution in [0.15, 0.2) is 17.0 Å². The van der Waals surface area contributed by atoms with Gasteiger partial charge in [-0.05, 0) is 44.0 Å². The fourth-order valence-corrected chi connectivity index (χ4v) is 2.99. The number of nitrogen functional groups attached to an aromatic ring is 1. The van der Waals surface area contributed by atoms with E-state index in [1.165, 1.54) is 13.1 Å². The Balaban J connectivity index is 3.29. The van der Waals surface area contributed by atoms with E-state index < -0.39 is 16.1 Å². The molecule has 0 heterocycles. The van der Waals surface area contributed by atoms with Gasteiger partial charge in [0.15, 0.2) is 0 Å². The summed E-state index contributed by atoms with van der Waals surface area (Å²) >= 11 is 0. The molecule has 1 unspecified atom stereocenters. The first kappa shape index (κ1) is 14.9. The van der Waals surface area contributed by atoms with Gasteiger partial charge in [-0.25, -0.2) is 8.42 Å². The van der Waals surface area contributed by atoms with Crippen molar-refractivity contribution in [3.05, 3.63) is 23.3 Å². The maximum atomic E-state index is 12.3. The first-order chi connectivity index (χ1) is 8.21. The number of anilines is 1. The minimum atomic E-state index is -3.62. The van der Waals surface area contributed by atoms with Crippen molar-refractivity contribution in [3.8, 4) is 0 Å². The zero-order valence-corrected chi connectivity index (χ0v) is 12.0. The maximum Gasteiger partial charge on any atom is 0.243 e. The van der Waals surface area contributed by atoms with Crippen molar-refractivity contribution >= 4 is 15.7 Å². The lowest BCUT2D eigenvalue weighted by atomic mass is 10.1. The molecule has 0 aliphatic carbocycles. The van der Waals surface area contributed by atoms with Crippen LogP contribution in [0.4, 0.5) is 5.69 Å². The summed E-state index contributed by atoms with van der Waals surface area (Å²) in [5.74, 6) is 0. The first-order valence-electron chi connectivity index (χ1n) is 5.67. The van der Waals surface area contributed by atoms with Crippen molar-refractivity contribution in [3.63, 3.8) is 0 Å². The largest absolute Gasteiger partial charge is 0.398 e. The van der Waals surface area contributed by atoms with Gasteiger partial charge in [-0.1, -0.05) is 0 Å². The van der Waals surface area contributed by atoms with Crippen LogP contribution in [0.25, 0.3) is 0 Å². The molecule has 6 heteroatoms. The van der Waals surface area contributed by atoms with E-state index in [0.717, 1.165) is 15.4 Å². The van der Waals surface area contributed by atoms with E-state index in [4.69, 9.17) is 10.8 Å². The molecule has 0 spiro atoms. The standard InChI is InChI=1S/C12H20N2O3S/c1-8-5-11(6-12(13)10(8)3)18(16,17)14(4)9(2)7-15/h5-6,9,15H,7,13H2,1-4H3. The zero-order chi connectivity index (χ0) is 14.1. The number of hydrogen-bond acceptors (Lipinski definition) is 4. The van der Waals surface area contributed by atoms with Gasteiger partial charge in [0.05, 0.1) is 11.5 Å². The summed E-state index contributed by atoms with van der Waals surface area (Å²) in [7, 11) is -2.17. The molecule has 0 aromatic heterocycles. The third-order valence-corrected chi connectivity index (χ3v) is 5.19. The smallest absolute Gasteiger partial charge is 0.243 e. The Bertz CT molecular complexity index is 517. The van der Waals surface area contributed by atoms with Crippen LogP contribution in [0.1, 0.15) is 18.1 Å². The van der Waals surface area contributed by atoms with Crippen molar-refractivity contribution in [2.75, 3.05) is 19.4 Å². The number of nitrogens with zero attached hydrogens (tertiary/aromatic N) is 1. The van der Waals surface area contributed by atoms with Gasteiger partial charge in [0.1, 0.15) is 0 Å². The Kier molecular flexibility index (Phi) is 4.37. The quantitative estimate of drug-likeness (QED) is 0.797. The van der Waals surface area contributed by atoms with Crippen molar-refractivity contribution in [1.29, 1.82) is 0 Å². The summed E-state index contributed by atoms with van der Waals surface area (Å²) in [6.45, 7) is 5.08. The van der Waals surface area contributed by atoms with Crippen LogP contribution in [-0.2, 0) is 10.0 Å². The Labute approximate surface area is 108 Å². The molecule has 0 amide bonds. The van der Waals surface area contributed by atoms with Gasteiger partial charge in [-0.15, -0.1) is 0 Å². The summed E-state index contributed by atoms with van der Waals surface area (Å²) in [4.78, 5) is 0.158. The molecule has 0 aliphatic heterocycles. The number of benzene rings is 1. The number of rotatable bonds is 4. The van der Waals surface area contributed by atoms with Gasteiger partial charge >= 0.3 is 0 Å². The highest BCUT2D eigenvalue weighted by molar-refractivity contribution is 7.89. The predicted molar refractivity (Wildman–Crippen MR) is 71.8 cm³/mol. The van der Waals surface area contributed by atoms with E-state index in [2.05, 4.69) is 0 Å². The molecule has 0 saturated heterocycles. The topological polar surface area (TPSA) is 83.6 Å². The monoisotopic (exact) mass is 272 g/mol. The molecule has 102 valence electrons. The van der Waals surface area contributed by atoms with E-state index in [1.807, 2.05) is 13.8 Å². The van der Waals surface area contributed by atoms with E-state index in [9.17, 15) is 8.42 Å². The minimum absolute atomic E-state index is 0.158. The fourth-order valence-electron chi connectivity index (χ4n) is 1.52. The average molecular weight is 272 g/mol. The van der Waals surface area contributed by atoms with Gasteiger partial charge in [0.25, 0.3) is 0 Å². The van der Waals surface area contributed by atoms with Crippen LogP contribution in [0.3, 0.4) is 0 Å². The number of hydrogen-bond donors (Lipinski definition) is 2. The predicted octanol–water partition coefficient (Wildman–Crippen LogP) is 0.887. The Hall–Kier alpha value is -1.11. The third kappa shape index (κ3) is 2.66. The molecular formula is C12H20N2O3S. The molecule has 3 N–H and O–H groups in total. The summed E-state index contributed by atoms with van der Waals surface area (Å²) in [5, 5.41) is 9.04. The number of aliphatic hydroxyl groups excluding tert-OH is 1. The fraction of sp³-hybridized carbons (Fsp3) is 0.500. The van der Waals surface area contributed by atoms with Crippen LogP contribution < -0.4 is 5.73 Å². The van der Waals surface area contributed by atoms with Gasteiger partial charge < -0.3 is 10.8 Å². The molecule has 0 saturated carbocycles. The highest BCUT2D eigenvalue weighted by atomic mass is 32.2. The molecular weight excluding hydrogens is 252 g/mol. The molecule has 0 bridgehead atoms. The number of nitrogens with two attached hydrogens (primary N) is 1. The maximum absolute atomic E-state index is 12.3. The van der Waals surface area contributed by atoms with Crippen LogP contribution >= 0.6 is 0 Å². The number of aryl methyl sites for hydroxylation is 1. The first-order valence-corrected chi connectivity index (χ1v) is 7.11. The summed E-state index contributed by atoms with van der Waals surface area (Å²) in [6, 6.07) is 2.58. The molecule has 0 aliphatic rings. The number of aliphatic hydroxyl groups is 1. The van der Waals surface area contributed by atoms with Crippen molar-refractivity contribution in [1.82, 2.24) is 4.31 Å². The molecule has 5 nitrogen and oxygen atoms in total. The van der Waals surface area contributed by atoms with Gasteiger partial charge in [0, 0.05) is 18.8 Å². The van der Waals surface area contributed by atoms with Crippen LogP contribution in [0, 0.1) is 13.8 Å². The second-order valence-corrected chi connectivity index (χ2v) is 6.50. The van der Waals surface area contributed by atoms with Crippen LogP contribution in [0.2, 0.25) is 0 Å². The van der Waals surface area contributed by atoms with Gasteiger partial charge in [-0.2, -0.15) is 4.31 Å². The molecule has 0 fully saturated rings. The number of sulfonamides is 1. The molecule has 1 rings (SSSR count). The van der Waals surface area contributed by atoms with E-state index in [0.29, 0.717) is 5.69 Å². The molecule has 0 radical (unpaired) electrons. The lowest BCUT2D eigenvalue weighted by Crippen LogP contribution is -2.37. The molecule has 1 aromatic carbocycles. The van der Waals surface area contributed by atoms with Crippen LogP contribution in [0.5, 0.6) is 0 Å². The van der Waals surface area contributed by atoms with Gasteiger partial charge in [0.2, 0.25) is 10.0 Å². The van der Waals surface area contributed by atoms with Crippen molar-refractivity contribution in [2.24, 2.45) is 0 Å². The van der Waals surface area contributed by atoms with E-state index in [-0.39, 0.29) is 11.5 Å². The van der Waals surface area contributed by atoms with E-state index >= 15 is 0 Å². The lowest BCUT2D eigenvalue weighted by Gasteiger charge is -2.23. The summed E-state index contributed by atoms with van der Waals surface area (Å²) < 4.78 is 25.8. The summed E-state index contributed by atoms with van der Waals surface area (Å²) in [5.41, 5.74) is 7.96. The summed E-state index contributed by atoms with van der Waals surface area (Å²) in [6.07, 6.45) is 0. The van der Waals surface area contributed by atoms with Crippen molar-refractivity contribution < 1.29 is 13.5 Å². The minimum Gasteiger partial charge on any atom is -0.398 e. The van der Waals surface area contributed by atoms with Crippen molar-refractivity contribution in [2.45, 2.75) is 31.7 Å². The zero-order valence-electron chi connectivity index (χ0n) is 11.1. The third-order valence-electron chi connectivity index (χ3n) is 3.24. The second-order valence-electron chi connectivity index (χ2n) is 4.51. The lowest BCUT2D eigenvalue weighted by molar-refractivity contribution is 0.214. The number of likely N-dealkylation sites (N-methyl/N-ethyl adjacent to an activating group) is 1. The highest BCUT2D eigenvalue weighted by Crippen LogP contribution is 2.24. The van der Waals surface area contributed by atoms with Gasteiger partial charge in [-0.3, -0.25) is 0 Å². The molecule has 1 atom stereocenters. The van der Waals surface area contributed by atoms with Crippen LogP contribution in [-0.4, -0.2) is 37.5 Å². The Morgan fingerprint density at radius 3 is 2.39 bits per heavy atom. The molecule has 18 heavy (non-hydrogen) atoms. The van der Waals surface area contributed by atoms with E-state index in [1.54, 1.807) is 13.0 Å². The average Bonchev–Trinajstić information content (AvgIpc) is 2.33. The normalized spacial score (nSPS) is 13.9.